The van der Waals surface area contributed by atoms with E-state index in [9.17, 15) is 4.39 Å². The van der Waals surface area contributed by atoms with Gasteiger partial charge in [0, 0.05) is 0 Å². The molecule has 2 atom stereocenters. The number of rotatable bonds is 4. The van der Waals surface area contributed by atoms with Crippen LogP contribution in [0.5, 0.6) is 0 Å². The van der Waals surface area contributed by atoms with Gasteiger partial charge < -0.3 is 5.11 Å². The number of unbranched alkanes of at least 4 members (excludes halogenated alkanes) is 1. The molecule has 0 rings (SSSR count). The van der Waals surface area contributed by atoms with Crippen molar-refractivity contribution in [2.24, 2.45) is 0 Å². The van der Waals surface area contributed by atoms with Crippen LogP contribution in [-0.2, 0) is 0 Å². The van der Waals surface area contributed by atoms with E-state index in [1.54, 1.807) is 0 Å². The molecule has 0 radical (unpaired) electrons. The van der Waals surface area contributed by atoms with Crippen LogP contribution in [0.3, 0.4) is 0 Å². The van der Waals surface area contributed by atoms with E-state index in [0.717, 1.165) is 12.8 Å². The molecule has 2 heteroatoms. The van der Waals surface area contributed by atoms with Gasteiger partial charge in [0.25, 0.3) is 0 Å². The Bertz CT molecular complexity index is 63.9. The highest BCUT2D eigenvalue weighted by molar-refractivity contribution is 4.60. The Hall–Kier alpha value is -0.110. The van der Waals surface area contributed by atoms with Crippen LogP contribution in [0.4, 0.5) is 4.39 Å². The van der Waals surface area contributed by atoms with Crippen molar-refractivity contribution in [3.63, 3.8) is 0 Å². The summed E-state index contributed by atoms with van der Waals surface area (Å²) in [6.45, 7) is 3.41. The summed E-state index contributed by atoms with van der Waals surface area (Å²) in [5.74, 6) is 0. The lowest BCUT2D eigenvalue weighted by Gasteiger charge is -2.09. The van der Waals surface area contributed by atoms with Crippen LogP contribution in [0, 0.1) is 0 Å². The Morgan fingerprint density at radius 2 is 2.11 bits per heavy atom. The van der Waals surface area contributed by atoms with Crippen molar-refractivity contribution in [2.45, 2.75) is 45.4 Å². The quantitative estimate of drug-likeness (QED) is 0.622. The van der Waals surface area contributed by atoms with Gasteiger partial charge >= 0.3 is 0 Å². The van der Waals surface area contributed by atoms with Gasteiger partial charge in [0.05, 0.1) is 6.10 Å². The Labute approximate surface area is 55.9 Å². The Morgan fingerprint density at radius 3 is 2.44 bits per heavy atom. The molecule has 0 saturated heterocycles. The van der Waals surface area contributed by atoms with E-state index < -0.39 is 12.3 Å². The van der Waals surface area contributed by atoms with Gasteiger partial charge in [0.15, 0.2) is 0 Å². The first-order chi connectivity index (χ1) is 4.18. The molecule has 0 aromatic heterocycles. The maximum Gasteiger partial charge on any atom is 0.123 e. The Kier molecular flexibility index (Phi) is 4.68. The largest absolute Gasteiger partial charge is 0.390 e. The van der Waals surface area contributed by atoms with Crippen LogP contribution in [0.1, 0.15) is 33.1 Å². The third-order valence-electron chi connectivity index (χ3n) is 1.38. The molecular formula is C7H15FO. The summed E-state index contributed by atoms with van der Waals surface area (Å²) in [7, 11) is 0. The van der Waals surface area contributed by atoms with Crippen LogP contribution in [0.2, 0.25) is 0 Å². The van der Waals surface area contributed by atoms with Crippen LogP contribution in [-0.4, -0.2) is 17.4 Å². The number of alkyl halides is 1. The molecular weight excluding hydrogens is 119 g/mol. The molecule has 1 N–H and O–H groups in total. The predicted molar refractivity (Wildman–Crippen MR) is 36.1 cm³/mol. The van der Waals surface area contributed by atoms with Gasteiger partial charge in [-0.25, -0.2) is 4.39 Å². The topological polar surface area (TPSA) is 20.2 Å². The summed E-state index contributed by atoms with van der Waals surface area (Å²) in [4.78, 5) is 0. The van der Waals surface area contributed by atoms with E-state index in [0.29, 0.717) is 6.42 Å². The summed E-state index contributed by atoms with van der Waals surface area (Å²) in [5, 5.41) is 8.88. The van der Waals surface area contributed by atoms with E-state index in [2.05, 4.69) is 0 Å². The maximum absolute atomic E-state index is 12.2. The van der Waals surface area contributed by atoms with Crippen LogP contribution < -0.4 is 0 Å². The van der Waals surface area contributed by atoms with E-state index in [-0.39, 0.29) is 0 Å². The third kappa shape index (κ3) is 4.40. The first-order valence-electron chi connectivity index (χ1n) is 3.50. The number of hydrogen-bond donors (Lipinski definition) is 1. The fourth-order valence-electron chi connectivity index (χ4n) is 0.643. The van der Waals surface area contributed by atoms with Crippen LogP contribution in [0.25, 0.3) is 0 Å². The molecule has 0 spiro atoms. The van der Waals surface area contributed by atoms with E-state index in [4.69, 9.17) is 5.11 Å². The third-order valence-corrected chi connectivity index (χ3v) is 1.38. The van der Waals surface area contributed by atoms with Crippen molar-refractivity contribution in [1.29, 1.82) is 0 Å². The number of halogens is 1. The van der Waals surface area contributed by atoms with Crippen molar-refractivity contribution < 1.29 is 9.50 Å². The smallest absolute Gasteiger partial charge is 0.123 e. The minimum absolute atomic E-state index is 0.591. The average Bonchev–Trinajstić information content (AvgIpc) is 1.82. The lowest BCUT2D eigenvalue weighted by Crippen LogP contribution is -2.17. The number of hydrogen-bond acceptors (Lipinski definition) is 1. The van der Waals surface area contributed by atoms with Crippen molar-refractivity contribution >= 4 is 0 Å². The molecule has 9 heavy (non-hydrogen) atoms. The van der Waals surface area contributed by atoms with Crippen molar-refractivity contribution in [3.8, 4) is 0 Å². The molecule has 0 heterocycles. The molecule has 2 unspecified atom stereocenters. The van der Waals surface area contributed by atoms with Crippen molar-refractivity contribution in [2.75, 3.05) is 0 Å². The summed E-state index contributed by atoms with van der Waals surface area (Å²) >= 11 is 0. The normalized spacial score (nSPS) is 17.3. The summed E-state index contributed by atoms with van der Waals surface area (Å²) < 4.78 is 12.2. The van der Waals surface area contributed by atoms with E-state index >= 15 is 0 Å². The molecule has 0 aliphatic heterocycles. The molecule has 0 aromatic carbocycles. The second kappa shape index (κ2) is 4.74. The van der Waals surface area contributed by atoms with Gasteiger partial charge in [0.1, 0.15) is 6.17 Å². The standard InChI is InChI=1S/C7H15FO/c1-3-4-5-7(9)6(2)8/h6-7,9H,3-5H2,1-2H3. The van der Waals surface area contributed by atoms with Gasteiger partial charge in [-0.15, -0.1) is 0 Å². The van der Waals surface area contributed by atoms with Gasteiger partial charge in [-0.2, -0.15) is 0 Å². The second-order valence-electron chi connectivity index (χ2n) is 2.39. The number of aliphatic hydroxyl groups excluding tert-OH is 1. The zero-order valence-electron chi connectivity index (χ0n) is 6.10. The molecule has 1 nitrogen and oxygen atoms in total. The van der Waals surface area contributed by atoms with Gasteiger partial charge in [0.2, 0.25) is 0 Å². The first kappa shape index (κ1) is 8.89. The van der Waals surface area contributed by atoms with Crippen LogP contribution in [0.15, 0.2) is 0 Å². The first-order valence-corrected chi connectivity index (χ1v) is 3.50. The molecule has 56 valence electrons. The highest BCUT2D eigenvalue weighted by atomic mass is 19.1. The molecule has 0 saturated carbocycles. The van der Waals surface area contributed by atoms with Gasteiger partial charge in [-0.1, -0.05) is 19.8 Å². The average molecular weight is 134 g/mol. The molecule has 0 fully saturated rings. The Balaban J connectivity index is 3.16. The number of aliphatic hydroxyl groups is 1. The van der Waals surface area contributed by atoms with E-state index in [1.807, 2.05) is 6.92 Å². The minimum atomic E-state index is -1.07. The molecule has 0 amide bonds. The zero-order valence-corrected chi connectivity index (χ0v) is 6.10. The summed E-state index contributed by atoms with van der Waals surface area (Å²) in [6, 6.07) is 0. The summed E-state index contributed by atoms with van der Waals surface area (Å²) in [6.07, 6.45) is 0.703. The SMILES string of the molecule is CCCCC(O)C(C)F. The van der Waals surface area contributed by atoms with Crippen molar-refractivity contribution in [1.82, 2.24) is 0 Å². The summed E-state index contributed by atoms with van der Waals surface area (Å²) in [5.41, 5.74) is 0. The fraction of sp³-hybridized carbons (Fsp3) is 1.00. The Morgan fingerprint density at radius 1 is 1.56 bits per heavy atom. The second-order valence-corrected chi connectivity index (χ2v) is 2.39. The fourth-order valence-corrected chi connectivity index (χ4v) is 0.643. The lowest BCUT2D eigenvalue weighted by atomic mass is 10.1. The highest BCUT2D eigenvalue weighted by Gasteiger charge is 2.10. The maximum atomic E-state index is 12.2. The monoisotopic (exact) mass is 134 g/mol. The molecule has 0 aromatic rings. The van der Waals surface area contributed by atoms with Gasteiger partial charge in [-0.3, -0.25) is 0 Å². The van der Waals surface area contributed by atoms with Gasteiger partial charge in [-0.05, 0) is 13.3 Å². The van der Waals surface area contributed by atoms with E-state index in [1.165, 1.54) is 6.92 Å². The minimum Gasteiger partial charge on any atom is -0.390 e. The molecule has 0 bridgehead atoms. The molecule has 0 aliphatic carbocycles. The zero-order chi connectivity index (χ0) is 7.28. The van der Waals surface area contributed by atoms with Crippen LogP contribution >= 0.6 is 0 Å². The predicted octanol–water partition coefficient (Wildman–Crippen LogP) is 1.90. The highest BCUT2D eigenvalue weighted by Crippen LogP contribution is 2.06. The lowest BCUT2D eigenvalue weighted by molar-refractivity contribution is 0.0787. The van der Waals surface area contributed by atoms with Crippen molar-refractivity contribution in [3.05, 3.63) is 0 Å². The molecule has 0 aliphatic rings.